The van der Waals surface area contributed by atoms with Gasteiger partial charge in [0.2, 0.25) is 0 Å². The third-order valence-corrected chi connectivity index (χ3v) is 6.07. The molecular weight excluding hydrogens is 296 g/mol. The topological polar surface area (TPSA) is 26.2 Å². The van der Waals surface area contributed by atoms with Crippen molar-refractivity contribution in [2.45, 2.75) is 109 Å². The Bertz CT molecular complexity index is 504. The molecule has 3 rings (SSSR count). The molecule has 2 fully saturated rings. The molecule has 1 saturated heterocycles. The molecule has 0 amide bonds. The van der Waals surface area contributed by atoms with E-state index in [4.69, 9.17) is 4.74 Å². The van der Waals surface area contributed by atoms with Gasteiger partial charge in [0.25, 0.3) is 0 Å². The lowest BCUT2D eigenvalue weighted by Gasteiger charge is -2.23. The van der Waals surface area contributed by atoms with Gasteiger partial charge in [-0.25, -0.2) is 0 Å². The van der Waals surface area contributed by atoms with Crippen LogP contribution in [0.15, 0.2) is 12.3 Å². The van der Waals surface area contributed by atoms with E-state index < -0.39 is 0 Å². The summed E-state index contributed by atoms with van der Waals surface area (Å²) >= 11 is 0. The molecule has 24 heavy (non-hydrogen) atoms. The predicted molar refractivity (Wildman–Crippen MR) is 100 cm³/mol. The van der Waals surface area contributed by atoms with Gasteiger partial charge in [0, 0.05) is 24.5 Å². The maximum absolute atomic E-state index is 6.36. The summed E-state index contributed by atoms with van der Waals surface area (Å²) in [5.74, 6) is 0.592. The van der Waals surface area contributed by atoms with Crippen molar-refractivity contribution in [3.8, 4) is 0 Å². The zero-order chi connectivity index (χ0) is 16.9. The molecule has 0 aromatic carbocycles. The van der Waals surface area contributed by atoms with Gasteiger partial charge >= 0.3 is 0 Å². The first-order valence-corrected chi connectivity index (χ1v) is 10.3. The van der Waals surface area contributed by atoms with Crippen molar-refractivity contribution in [3.05, 3.63) is 23.5 Å². The molecular formula is C21H36N2O. The molecule has 1 aliphatic carbocycles. The standard InChI is InChI=1S/C21H36N2O/c1-4-8-19-11-12-20(24-19)23-14-13-17(21(23)16(3)5-2)15-22-18-9-6-7-10-18/h13-14,16,18-20,22H,4-12,15H2,1-3H3. The summed E-state index contributed by atoms with van der Waals surface area (Å²) in [6.07, 6.45) is 14.5. The number of hydrogen-bond acceptors (Lipinski definition) is 2. The minimum atomic E-state index is 0.255. The third kappa shape index (κ3) is 4.05. The Morgan fingerprint density at radius 3 is 2.71 bits per heavy atom. The molecule has 3 heteroatoms. The average molecular weight is 333 g/mol. The van der Waals surface area contributed by atoms with E-state index in [1.54, 1.807) is 0 Å². The van der Waals surface area contributed by atoms with Crippen LogP contribution in [-0.2, 0) is 11.3 Å². The SMILES string of the molecule is CCCC1CCC(n2ccc(CNC3CCCC3)c2C(C)CC)O1. The molecule has 1 aromatic rings. The highest BCUT2D eigenvalue weighted by Gasteiger charge is 2.29. The smallest absolute Gasteiger partial charge is 0.134 e. The van der Waals surface area contributed by atoms with E-state index in [0.29, 0.717) is 12.0 Å². The monoisotopic (exact) mass is 332 g/mol. The van der Waals surface area contributed by atoms with Crippen LogP contribution in [-0.4, -0.2) is 16.7 Å². The minimum Gasteiger partial charge on any atom is -0.355 e. The average Bonchev–Trinajstić information content (AvgIpc) is 3.32. The number of ether oxygens (including phenoxy) is 1. The Morgan fingerprint density at radius 1 is 1.21 bits per heavy atom. The highest BCUT2D eigenvalue weighted by molar-refractivity contribution is 5.26. The van der Waals surface area contributed by atoms with Gasteiger partial charge < -0.3 is 14.6 Å². The summed E-state index contributed by atoms with van der Waals surface area (Å²) in [6.45, 7) is 7.93. The van der Waals surface area contributed by atoms with E-state index >= 15 is 0 Å². The summed E-state index contributed by atoms with van der Waals surface area (Å²) in [4.78, 5) is 0. The van der Waals surface area contributed by atoms with Crippen LogP contribution in [0.1, 0.15) is 102 Å². The fourth-order valence-corrected chi connectivity index (χ4v) is 4.48. The van der Waals surface area contributed by atoms with E-state index in [1.165, 1.54) is 62.6 Å². The van der Waals surface area contributed by atoms with Crippen molar-refractivity contribution in [1.29, 1.82) is 0 Å². The number of rotatable bonds is 8. The molecule has 1 aliphatic heterocycles. The van der Waals surface area contributed by atoms with Crippen LogP contribution in [0.2, 0.25) is 0 Å². The summed E-state index contributed by atoms with van der Waals surface area (Å²) in [6, 6.07) is 3.06. The molecule has 1 aromatic heterocycles. The van der Waals surface area contributed by atoms with Gasteiger partial charge in [-0.1, -0.05) is 40.0 Å². The molecule has 1 N–H and O–H groups in total. The van der Waals surface area contributed by atoms with Crippen molar-refractivity contribution >= 4 is 0 Å². The van der Waals surface area contributed by atoms with Crippen molar-refractivity contribution in [2.24, 2.45) is 0 Å². The molecule has 0 bridgehead atoms. The lowest BCUT2D eigenvalue weighted by atomic mass is 10.0. The number of hydrogen-bond donors (Lipinski definition) is 1. The van der Waals surface area contributed by atoms with Crippen LogP contribution < -0.4 is 5.32 Å². The van der Waals surface area contributed by atoms with Gasteiger partial charge in [0.1, 0.15) is 6.23 Å². The largest absolute Gasteiger partial charge is 0.355 e. The maximum atomic E-state index is 6.36. The molecule has 2 heterocycles. The number of nitrogens with one attached hydrogen (secondary N) is 1. The second-order valence-electron chi connectivity index (χ2n) is 7.88. The lowest BCUT2D eigenvalue weighted by molar-refractivity contribution is -0.00329. The van der Waals surface area contributed by atoms with E-state index in [9.17, 15) is 0 Å². The normalized spacial score (nSPS) is 26.3. The Kier molecular flexibility index (Phi) is 6.40. The first kappa shape index (κ1) is 18.0. The minimum absolute atomic E-state index is 0.255. The van der Waals surface area contributed by atoms with Gasteiger partial charge in [-0.2, -0.15) is 0 Å². The Morgan fingerprint density at radius 2 is 2.00 bits per heavy atom. The van der Waals surface area contributed by atoms with Crippen LogP contribution in [0.4, 0.5) is 0 Å². The fraction of sp³-hybridized carbons (Fsp3) is 0.810. The predicted octanol–water partition coefficient (Wildman–Crippen LogP) is 5.51. The van der Waals surface area contributed by atoms with Gasteiger partial charge in [-0.05, 0) is 56.1 Å². The van der Waals surface area contributed by atoms with Crippen LogP contribution in [0.3, 0.4) is 0 Å². The molecule has 0 spiro atoms. The molecule has 3 nitrogen and oxygen atoms in total. The highest BCUT2D eigenvalue weighted by Crippen LogP contribution is 2.35. The second kappa shape index (κ2) is 8.53. The molecule has 136 valence electrons. The highest BCUT2D eigenvalue weighted by atomic mass is 16.5. The van der Waals surface area contributed by atoms with E-state index in [-0.39, 0.29) is 6.23 Å². The second-order valence-corrected chi connectivity index (χ2v) is 7.88. The van der Waals surface area contributed by atoms with Gasteiger partial charge in [-0.15, -0.1) is 0 Å². The van der Waals surface area contributed by atoms with Gasteiger partial charge in [0.15, 0.2) is 0 Å². The van der Waals surface area contributed by atoms with Crippen molar-refractivity contribution in [1.82, 2.24) is 9.88 Å². The molecule has 2 aliphatic rings. The zero-order valence-corrected chi connectivity index (χ0v) is 15.9. The van der Waals surface area contributed by atoms with Gasteiger partial charge in [-0.3, -0.25) is 0 Å². The molecule has 0 radical (unpaired) electrons. The molecule has 1 saturated carbocycles. The summed E-state index contributed by atoms with van der Waals surface area (Å²) in [5, 5.41) is 3.80. The van der Waals surface area contributed by atoms with Crippen molar-refractivity contribution in [3.63, 3.8) is 0 Å². The maximum Gasteiger partial charge on any atom is 0.134 e. The zero-order valence-electron chi connectivity index (χ0n) is 15.9. The molecule has 3 atom stereocenters. The summed E-state index contributed by atoms with van der Waals surface area (Å²) in [7, 11) is 0. The first-order chi connectivity index (χ1) is 11.7. The summed E-state index contributed by atoms with van der Waals surface area (Å²) < 4.78 is 8.81. The van der Waals surface area contributed by atoms with Crippen LogP contribution in [0, 0.1) is 0 Å². The number of aromatic nitrogens is 1. The van der Waals surface area contributed by atoms with Crippen LogP contribution >= 0.6 is 0 Å². The van der Waals surface area contributed by atoms with Gasteiger partial charge in [0.05, 0.1) is 6.10 Å². The Balaban J connectivity index is 1.71. The fourth-order valence-electron chi connectivity index (χ4n) is 4.48. The quantitative estimate of drug-likeness (QED) is 0.679. The van der Waals surface area contributed by atoms with Crippen molar-refractivity contribution < 1.29 is 4.74 Å². The first-order valence-electron chi connectivity index (χ1n) is 10.3. The summed E-state index contributed by atoms with van der Waals surface area (Å²) in [5.41, 5.74) is 2.99. The van der Waals surface area contributed by atoms with E-state index in [0.717, 1.165) is 19.0 Å². The third-order valence-electron chi connectivity index (χ3n) is 6.07. The number of nitrogens with zero attached hydrogens (tertiary/aromatic N) is 1. The lowest BCUT2D eigenvalue weighted by Crippen LogP contribution is -2.26. The van der Waals surface area contributed by atoms with Crippen molar-refractivity contribution in [2.75, 3.05) is 0 Å². The molecule has 3 unspecified atom stereocenters. The van der Waals surface area contributed by atoms with Crippen LogP contribution in [0.25, 0.3) is 0 Å². The Labute approximate surface area is 148 Å². The van der Waals surface area contributed by atoms with E-state index in [2.05, 4.69) is 42.9 Å². The van der Waals surface area contributed by atoms with E-state index in [1.807, 2.05) is 0 Å². The van der Waals surface area contributed by atoms with Crippen LogP contribution in [0.5, 0.6) is 0 Å². The Hall–Kier alpha value is -0.800.